The first kappa shape index (κ1) is 18.6. The normalized spacial score (nSPS) is 10.8. The van der Waals surface area contributed by atoms with Gasteiger partial charge in [0.15, 0.2) is 9.84 Å². The van der Waals surface area contributed by atoms with Crippen molar-refractivity contribution in [1.82, 2.24) is 5.32 Å². The maximum absolute atomic E-state index is 11.8. The van der Waals surface area contributed by atoms with Gasteiger partial charge in [-0.25, -0.2) is 8.42 Å². The number of benzene rings is 1. The summed E-state index contributed by atoms with van der Waals surface area (Å²) < 4.78 is 23.6. The van der Waals surface area contributed by atoms with Gasteiger partial charge in [0.25, 0.3) is 0 Å². The topological polar surface area (TPSA) is 130 Å². The van der Waals surface area contributed by atoms with Crippen LogP contribution in [0, 0.1) is 0 Å². The summed E-state index contributed by atoms with van der Waals surface area (Å²) in [5.41, 5.74) is 0.485. The fraction of sp³-hybridized carbons (Fsp3) is 0.357. The molecule has 1 rings (SSSR count). The number of rotatable bonds is 9. The maximum atomic E-state index is 11.8. The number of amides is 2. The van der Waals surface area contributed by atoms with Gasteiger partial charge in [-0.05, 0) is 12.1 Å². The molecule has 0 aliphatic rings. The first-order valence-corrected chi connectivity index (χ1v) is 8.64. The predicted octanol–water partition coefficient (Wildman–Crippen LogP) is 0.0209. The first-order valence-electron chi connectivity index (χ1n) is 6.82. The van der Waals surface area contributed by atoms with E-state index in [2.05, 4.69) is 10.6 Å². The molecule has 8 nitrogen and oxygen atoms in total. The van der Waals surface area contributed by atoms with Crippen LogP contribution in [-0.2, 0) is 24.2 Å². The van der Waals surface area contributed by atoms with E-state index in [1.807, 2.05) is 0 Å². The fourth-order valence-corrected chi connectivity index (χ4v) is 2.75. The van der Waals surface area contributed by atoms with E-state index in [4.69, 9.17) is 5.11 Å². The quantitative estimate of drug-likeness (QED) is 0.580. The zero-order chi connectivity index (χ0) is 17.3. The van der Waals surface area contributed by atoms with Gasteiger partial charge in [-0.15, -0.1) is 0 Å². The molecule has 0 radical (unpaired) electrons. The van der Waals surface area contributed by atoms with Gasteiger partial charge in [0.1, 0.15) is 5.75 Å². The third-order valence-corrected chi connectivity index (χ3v) is 4.24. The first-order chi connectivity index (χ1) is 10.8. The zero-order valence-corrected chi connectivity index (χ0v) is 13.1. The number of hydrogen-bond donors (Lipinski definition) is 3. The lowest BCUT2D eigenvalue weighted by atomic mass is 10.3. The van der Waals surface area contributed by atoms with Crippen LogP contribution in [0.5, 0.6) is 0 Å². The SMILES string of the molecule is O=C(O)CCNC(=O)CCS(=O)(=O)CC(=O)Nc1ccccc1. The van der Waals surface area contributed by atoms with Crippen LogP contribution in [0.2, 0.25) is 0 Å². The highest BCUT2D eigenvalue weighted by Crippen LogP contribution is 2.05. The predicted molar refractivity (Wildman–Crippen MR) is 83.6 cm³/mol. The summed E-state index contributed by atoms with van der Waals surface area (Å²) in [4.78, 5) is 33.3. The molecule has 0 atom stereocenters. The number of aliphatic carboxylic acids is 1. The van der Waals surface area contributed by atoms with Crippen molar-refractivity contribution < 1.29 is 27.9 Å². The Morgan fingerprint density at radius 2 is 1.65 bits per heavy atom. The number of sulfone groups is 1. The largest absolute Gasteiger partial charge is 0.481 e. The molecule has 1 aromatic rings. The van der Waals surface area contributed by atoms with Crippen molar-refractivity contribution in [2.45, 2.75) is 12.8 Å². The second kappa shape index (κ2) is 8.89. The number of carbonyl (C=O) groups excluding carboxylic acids is 2. The lowest BCUT2D eigenvalue weighted by Gasteiger charge is -2.07. The van der Waals surface area contributed by atoms with Gasteiger partial charge in [0, 0.05) is 18.7 Å². The van der Waals surface area contributed by atoms with Crippen LogP contribution < -0.4 is 10.6 Å². The van der Waals surface area contributed by atoms with Crippen molar-refractivity contribution in [3.8, 4) is 0 Å². The summed E-state index contributed by atoms with van der Waals surface area (Å²) in [5, 5.41) is 13.2. The van der Waals surface area contributed by atoms with Gasteiger partial charge < -0.3 is 15.7 Å². The molecule has 0 fully saturated rings. The standard InChI is InChI=1S/C14H18N2O6S/c17-12(15-8-6-14(19)20)7-9-23(21,22)10-13(18)16-11-4-2-1-3-5-11/h1-5H,6-10H2,(H,15,17)(H,16,18)(H,19,20). The molecular formula is C14H18N2O6S. The van der Waals surface area contributed by atoms with Crippen LogP contribution in [0.3, 0.4) is 0 Å². The summed E-state index contributed by atoms with van der Waals surface area (Å²) in [6, 6.07) is 8.41. The average molecular weight is 342 g/mol. The molecule has 0 unspecified atom stereocenters. The Balaban J connectivity index is 2.36. The van der Waals surface area contributed by atoms with E-state index < -0.39 is 39.1 Å². The Labute approximate surface area is 133 Å². The molecule has 0 aliphatic carbocycles. The Kier molecular flexibility index (Phi) is 7.20. The van der Waals surface area contributed by atoms with Crippen LogP contribution in [0.15, 0.2) is 30.3 Å². The molecule has 0 saturated heterocycles. The van der Waals surface area contributed by atoms with Gasteiger partial charge in [-0.1, -0.05) is 18.2 Å². The Morgan fingerprint density at radius 1 is 1.00 bits per heavy atom. The molecule has 23 heavy (non-hydrogen) atoms. The van der Waals surface area contributed by atoms with Crippen LogP contribution >= 0.6 is 0 Å². The van der Waals surface area contributed by atoms with Crippen molar-refractivity contribution >= 4 is 33.3 Å². The lowest BCUT2D eigenvalue weighted by molar-refractivity contribution is -0.137. The summed E-state index contributed by atoms with van der Waals surface area (Å²) in [7, 11) is -3.73. The van der Waals surface area contributed by atoms with E-state index >= 15 is 0 Å². The van der Waals surface area contributed by atoms with Crippen LogP contribution in [0.4, 0.5) is 5.69 Å². The van der Waals surface area contributed by atoms with Gasteiger partial charge in [0.05, 0.1) is 12.2 Å². The van der Waals surface area contributed by atoms with Crippen LogP contribution in [0.25, 0.3) is 0 Å². The van der Waals surface area contributed by atoms with E-state index in [9.17, 15) is 22.8 Å². The van der Waals surface area contributed by atoms with E-state index in [1.165, 1.54) is 0 Å². The van der Waals surface area contributed by atoms with Crippen molar-refractivity contribution in [1.29, 1.82) is 0 Å². The number of carbonyl (C=O) groups is 3. The van der Waals surface area contributed by atoms with Crippen molar-refractivity contribution in [3.05, 3.63) is 30.3 Å². The average Bonchev–Trinajstić information content (AvgIpc) is 2.45. The number of hydrogen-bond acceptors (Lipinski definition) is 5. The lowest BCUT2D eigenvalue weighted by Crippen LogP contribution is -2.30. The van der Waals surface area contributed by atoms with Gasteiger partial charge in [-0.3, -0.25) is 14.4 Å². The third kappa shape index (κ3) is 8.57. The zero-order valence-electron chi connectivity index (χ0n) is 12.3. The monoisotopic (exact) mass is 342 g/mol. The Morgan fingerprint density at radius 3 is 2.26 bits per heavy atom. The van der Waals surface area contributed by atoms with Gasteiger partial charge in [-0.2, -0.15) is 0 Å². The number of carboxylic acids is 1. The summed E-state index contributed by atoms with van der Waals surface area (Å²) in [5.74, 6) is -3.51. The minimum atomic E-state index is -3.73. The molecular weight excluding hydrogens is 324 g/mol. The highest BCUT2D eigenvalue weighted by molar-refractivity contribution is 7.92. The summed E-state index contributed by atoms with van der Waals surface area (Å²) >= 11 is 0. The van der Waals surface area contributed by atoms with E-state index in [1.54, 1.807) is 30.3 Å². The second-order valence-electron chi connectivity index (χ2n) is 4.75. The molecule has 0 spiro atoms. The molecule has 9 heteroatoms. The highest BCUT2D eigenvalue weighted by atomic mass is 32.2. The molecule has 0 aromatic heterocycles. The second-order valence-corrected chi connectivity index (χ2v) is 6.93. The van der Waals surface area contributed by atoms with E-state index in [0.717, 1.165) is 0 Å². The molecule has 1 aromatic carbocycles. The summed E-state index contributed by atoms with van der Waals surface area (Å²) in [6.45, 7) is -0.0668. The van der Waals surface area contributed by atoms with Crippen LogP contribution in [0.1, 0.15) is 12.8 Å². The number of carboxylic acid groups (broad SMARTS) is 1. The molecule has 0 bridgehead atoms. The minimum absolute atomic E-state index is 0.0668. The van der Waals surface area contributed by atoms with Crippen molar-refractivity contribution in [3.63, 3.8) is 0 Å². The number of nitrogens with one attached hydrogen (secondary N) is 2. The Hall–Kier alpha value is -2.42. The van der Waals surface area contributed by atoms with Crippen molar-refractivity contribution in [2.24, 2.45) is 0 Å². The third-order valence-electron chi connectivity index (χ3n) is 2.71. The summed E-state index contributed by atoms with van der Waals surface area (Å²) in [6.07, 6.45) is -0.557. The highest BCUT2D eigenvalue weighted by Gasteiger charge is 2.18. The molecule has 126 valence electrons. The Bertz CT molecular complexity index is 657. The van der Waals surface area contributed by atoms with Gasteiger partial charge >= 0.3 is 5.97 Å². The molecule has 0 heterocycles. The molecule has 3 N–H and O–H groups in total. The van der Waals surface area contributed by atoms with E-state index in [-0.39, 0.29) is 19.4 Å². The number of anilines is 1. The molecule has 2 amide bonds. The van der Waals surface area contributed by atoms with E-state index in [0.29, 0.717) is 5.69 Å². The molecule has 0 saturated carbocycles. The fourth-order valence-electron chi connectivity index (χ4n) is 1.64. The van der Waals surface area contributed by atoms with Gasteiger partial charge in [0.2, 0.25) is 11.8 Å². The molecule has 0 aliphatic heterocycles. The van der Waals surface area contributed by atoms with Crippen LogP contribution in [-0.4, -0.2) is 49.4 Å². The smallest absolute Gasteiger partial charge is 0.305 e. The maximum Gasteiger partial charge on any atom is 0.305 e. The minimum Gasteiger partial charge on any atom is -0.481 e. The number of para-hydroxylation sites is 1. The van der Waals surface area contributed by atoms with Crippen molar-refractivity contribution in [2.75, 3.05) is 23.4 Å².